The molecular formula is C17H17ClN2O. The lowest BCUT2D eigenvalue weighted by molar-refractivity contribution is -0.117. The van der Waals surface area contributed by atoms with Gasteiger partial charge in [0.05, 0.1) is 6.54 Å². The highest BCUT2D eigenvalue weighted by Crippen LogP contribution is 2.41. The number of hydrogen-bond donors (Lipinski definition) is 2. The molecule has 0 radical (unpaired) electrons. The molecule has 1 saturated carbocycles. The number of nitrogens with two attached hydrogens (primary N) is 1. The van der Waals surface area contributed by atoms with Crippen LogP contribution in [0.4, 0.5) is 0 Å². The highest BCUT2D eigenvalue weighted by Gasteiger charge is 2.37. The molecule has 0 bridgehead atoms. The third-order valence-electron chi connectivity index (χ3n) is 3.83. The molecule has 0 saturated heterocycles. The largest absolute Gasteiger partial charge is 0.369 e. The molecule has 1 aliphatic rings. The molecule has 2 aromatic carbocycles. The number of rotatable bonds is 5. The van der Waals surface area contributed by atoms with Crippen molar-refractivity contribution in [2.45, 2.75) is 18.4 Å². The van der Waals surface area contributed by atoms with E-state index in [-0.39, 0.29) is 12.5 Å². The highest BCUT2D eigenvalue weighted by atomic mass is 35.5. The van der Waals surface area contributed by atoms with Gasteiger partial charge in [-0.05, 0) is 35.2 Å². The number of primary amides is 1. The normalized spacial score (nSPS) is 20.2. The van der Waals surface area contributed by atoms with E-state index in [1.165, 1.54) is 5.56 Å². The fourth-order valence-corrected chi connectivity index (χ4v) is 2.80. The molecule has 0 heterocycles. The lowest BCUT2D eigenvalue weighted by atomic mass is 10.0. The number of amides is 1. The number of carbonyl (C=O) groups excluding carboxylic acids is 1. The number of halogens is 1. The molecule has 1 amide bonds. The van der Waals surface area contributed by atoms with Gasteiger partial charge in [0.15, 0.2) is 0 Å². The van der Waals surface area contributed by atoms with Crippen LogP contribution >= 0.6 is 11.6 Å². The van der Waals surface area contributed by atoms with E-state index >= 15 is 0 Å². The average molecular weight is 301 g/mol. The van der Waals surface area contributed by atoms with Crippen LogP contribution in [0, 0.1) is 0 Å². The smallest absolute Gasteiger partial charge is 0.231 e. The van der Waals surface area contributed by atoms with Gasteiger partial charge >= 0.3 is 0 Å². The molecule has 21 heavy (non-hydrogen) atoms. The standard InChI is InChI=1S/C17H17ClN2O/c18-14-3-1-2-13(8-14)11-4-6-12(7-5-11)15-9-16(15)20-10-17(19)21/h1-8,15-16,20H,9-10H2,(H2,19,21). The Morgan fingerprint density at radius 3 is 2.62 bits per heavy atom. The molecule has 3 rings (SSSR count). The fraction of sp³-hybridized carbons (Fsp3) is 0.235. The molecule has 2 atom stereocenters. The summed E-state index contributed by atoms with van der Waals surface area (Å²) in [5.74, 6) is 0.176. The maximum absolute atomic E-state index is 10.8. The minimum atomic E-state index is -0.308. The Labute approximate surface area is 129 Å². The lowest BCUT2D eigenvalue weighted by Crippen LogP contribution is -2.30. The minimum absolute atomic E-state index is 0.252. The maximum Gasteiger partial charge on any atom is 0.231 e. The number of carbonyl (C=O) groups is 1. The van der Waals surface area contributed by atoms with Crippen LogP contribution in [0.1, 0.15) is 17.9 Å². The van der Waals surface area contributed by atoms with Crippen LogP contribution in [0.3, 0.4) is 0 Å². The van der Waals surface area contributed by atoms with Crippen molar-refractivity contribution in [3.63, 3.8) is 0 Å². The van der Waals surface area contributed by atoms with E-state index < -0.39 is 0 Å². The van der Waals surface area contributed by atoms with Crippen LogP contribution in [0.5, 0.6) is 0 Å². The Balaban J connectivity index is 1.67. The van der Waals surface area contributed by atoms with Crippen molar-refractivity contribution in [1.29, 1.82) is 0 Å². The SMILES string of the molecule is NC(=O)CNC1CC1c1ccc(-c2cccc(Cl)c2)cc1. The van der Waals surface area contributed by atoms with Crippen molar-refractivity contribution in [3.05, 3.63) is 59.1 Å². The van der Waals surface area contributed by atoms with E-state index in [4.69, 9.17) is 17.3 Å². The monoisotopic (exact) mass is 300 g/mol. The Kier molecular flexibility index (Phi) is 3.95. The van der Waals surface area contributed by atoms with Crippen molar-refractivity contribution in [2.24, 2.45) is 5.73 Å². The number of benzene rings is 2. The molecule has 4 heteroatoms. The third-order valence-corrected chi connectivity index (χ3v) is 4.06. The first-order chi connectivity index (χ1) is 10.1. The van der Waals surface area contributed by atoms with Gasteiger partial charge in [-0.3, -0.25) is 4.79 Å². The molecule has 2 unspecified atom stereocenters. The van der Waals surface area contributed by atoms with Gasteiger partial charge in [-0.2, -0.15) is 0 Å². The average Bonchev–Trinajstić information content (AvgIpc) is 3.25. The zero-order valence-electron chi connectivity index (χ0n) is 11.6. The summed E-state index contributed by atoms with van der Waals surface area (Å²) in [6.07, 6.45) is 1.06. The van der Waals surface area contributed by atoms with Crippen LogP contribution in [0.2, 0.25) is 5.02 Å². The van der Waals surface area contributed by atoms with Crippen LogP contribution in [0.25, 0.3) is 11.1 Å². The quantitative estimate of drug-likeness (QED) is 0.892. The third kappa shape index (κ3) is 3.43. The van der Waals surface area contributed by atoms with E-state index in [1.54, 1.807) is 0 Å². The molecule has 0 aliphatic heterocycles. The van der Waals surface area contributed by atoms with Crippen LogP contribution in [-0.4, -0.2) is 18.5 Å². The van der Waals surface area contributed by atoms with Gasteiger partial charge in [-0.1, -0.05) is 48.0 Å². The van der Waals surface area contributed by atoms with Gasteiger partial charge in [-0.15, -0.1) is 0 Å². The second-order valence-corrected chi connectivity index (χ2v) is 5.86. The molecule has 3 N–H and O–H groups in total. The van der Waals surface area contributed by atoms with Gasteiger partial charge in [0, 0.05) is 17.0 Å². The molecule has 108 valence electrons. The fourth-order valence-electron chi connectivity index (χ4n) is 2.61. The maximum atomic E-state index is 10.8. The summed E-state index contributed by atoms with van der Waals surface area (Å²) < 4.78 is 0. The summed E-state index contributed by atoms with van der Waals surface area (Å²) in [7, 11) is 0. The topological polar surface area (TPSA) is 55.1 Å². The molecule has 1 aliphatic carbocycles. The van der Waals surface area contributed by atoms with Gasteiger partial charge < -0.3 is 11.1 Å². The molecule has 2 aromatic rings. The van der Waals surface area contributed by atoms with Crippen molar-refractivity contribution in [1.82, 2.24) is 5.32 Å². The Morgan fingerprint density at radius 1 is 1.19 bits per heavy atom. The summed E-state index contributed by atoms with van der Waals surface area (Å²) in [5.41, 5.74) is 8.71. The zero-order valence-corrected chi connectivity index (χ0v) is 12.3. The number of hydrogen-bond acceptors (Lipinski definition) is 2. The number of nitrogens with one attached hydrogen (secondary N) is 1. The highest BCUT2D eigenvalue weighted by molar-refractivity contribution is 6.30. The first-order valence-electron chi connectivity index (χ1n) is 7.01. The molecular weight excluding hydrogens is 284 g/mol. The summed E-state index contributed by atoms with van der Waals surface area (Å²) in [6, 6.07) is 16.7. The summed E-state index contributed by atoms with van der Waals surface area (Å²) in [6.45, 7) is 0.252. The van der Waals surface area contributed by atoms with Crippen LogP contribution in [-0.2, 0) is 4.79 Å². The van der Waals surface area contributed by atoms with Crippen molar-refractivity contribution < 1.29 is 4.79 Å². The Bertz CT molecular complexity index is 654. The van der Waals surface area contributed by atoms with E-state index in [1.807, 2.05) is 18.2 Å². The molecule has 1 fully saturated rings. The van der Waals surface area contributed by atoms with E-state index in [9.17, 15) is 4.79 Å². The van der Waals surface area contributed by atoms with E-state index in [0.717, 1.165) is 22.6 Å². The van der Waals surface area contributed by atoms with Crippen LogP contribution in [0.15, 0.2) is 48.5 Å². The second kappa shape index (κ2) is 5.88. The molecule has 0 aromatic heterocycles. The van der Waals surface area contributed by atoms with E-state index in [2.05, 4.69) is 35.6 Å². The van der Waals surface area contributed by atoms with Crippen molar-refractivity contribution in [2.75, 3.05) is 6.54 Å². The predicted molar refractivity (Wildman–Crippen MR) is 85.2 cm³/mol. The summed E-state index contributed by atoms with van der Waals surface area (Å²) in [5, 5.41) is 3.91. The molecule has 3 nitrogen and oxygen atoms in total. The van der Waals surface area contributed by atoms with E-state index in [0.29, 0.717) is 12.0 Å². The predicted octanol–water partition coefficient (Wildman–Crippen LogP) is 2.94. The zero-order chi connectivity index (χ0) is 14.8. The Hall–Kier alpha value is -1.84. The van der Waals surface area contributed by atoms with Gasteiger partial charge in [-0.25, -0.2) is 0 Å². The van der Waals surface area contributed by atoms with Crippen molar-refractivity contribution >= 4 is 17.5 Å². The first kappa shape index (κ1) is 14.1. The van der Waals surface area contributed by atoms with Crippen molar-refractivity contribution in [3.8, 4) is 11.1 Å². The van der Waals surface area contributed by atoms with Gasteiger partial charge in [0.2, 0.25) is 5.91 Å². The Morgan fingerprint density at radius 2 is 1.95 bits per heavy atom. The molecule has 0 spiro atoms. The summed E-state index contributed by atoms with van der Waals surface area (Å²) >= 11 is 6.02. The second-order valence-electron chi connectivity index (χ2n) is 5.43. The van der Waals surface area contributed by atoms with Gasteiger partial charge in [0.25, 0.3) is 0 Å². The lowest BCUT2D eigenvalue weighted by Gasteiger charge is -2.05. The minimum Gasteiger partial charge on any atom is -0.369 e. The van der Waals surface area contributed by atoms with Gasteiger partial charge in [0.1, 0.15) is 0 Å². The van der Waals surface area contributed by atoms with Crippen LogP contribution < -0.4 is 11.1 Å². The summed E-state index contributed by atoms with van der Waals surface area (Å²) in [4.78, 5) is 10.8. The first-order valence-corrected chi connectivity index (χ1v) is 7.39.